The second kappa shape index (κ2) is 8.06. The van der Waals surface area contributed by atoms with Gasteiger partial charge in [0.15, 0.2) is 11.5 Å². The number of carbonyl (C=O) groups is 1. The van der Waals surface area contributed by atoms with Crippen LogP contribution in [0.25, 0.3) is 0 Å². The number of fused-ring (bicyclic) bond motifs is 1. The molecular formula is C18H17ClN2O5S. The van der Waals surface area contributed by atoms with Crippen molar-refractivity contribution in [2.75, 3.05) is 20.0 Å². The van der Waals surface area contributed by atoms with Gasteiger partial charge in [-0.3, -0.25) is 14.9 Å². The predicted molar refractivity (Wildman–Crippen MR) is 103 cm³/mol. The number of rotatable bonds is 5. The molecule has 27 heavy (non-hydrogen) atoms. The number of nitrogens with one attached hydrogen (secondary N) is 1. The molecule has 1 atom stereocenters. The van der Waals surface area contributed by atoms with E-state index >= 15 is 0 Å². The van der Waals surface area contributed by atoms with Crippen LogP contribution in [0, 0.1) is 10.1 Å². The minimum Gasteiger partial charge on any atom is -0.493 e. The molecule has 1 amide bonds. The van der Waals surface area contributed by atoms with Crippen molar-refractivity contribution in [2.45, 2.75) is 17.4 Å². The largest absolute Gasteiger partial charge is 0.493 e. The smallest absolute Gasteiger partial charge is 0.286 e. The lowest BCUT2D eigenvalue weighted by Gasteiger charge is -2.26. The highest BCUT2D eigenvalue weighted by molar-refractivity contribution is 7.99. The summed E-state index contributed by atoms with van der Waals surface area (Å²) >= 11 is 7.78. The number of methoxy groups -OCH3 is 2. The number of benzene rings is 2. The Morgan fingerprint density at radius 3 is 2.63 bits per heavy atom. The van der Waals surface area contributed by atoms with Crippen LogP contribution in [0.2, 0.25) is 5.02 Å². The lowest BCUT2D eigenvalue weighted by atomic mass is 10.0. The summed E-state index contributed by atoms with van der Waals surface area (Å²) in [7, 11) is 2.78. The molecule has 0 unspecified atom stereocenters. The first-order chi connectivity index (χ1) is 12.9. The summed E-state index contributed by atoms with van der Waals surface area (Å²) in [5, 5.41) is 14.9. The minimum atomic E-state index is -0.613. The van der Waals surface area contributed by atoms with Gasteiger partial charge in [0.05, 0.1) is 31.3 Å². The lowest BCUT2D eigenvalue weighted by molar-refractivity contribution is -0.385. The van der Waals surface area contributed by atoms with Crippen LogP contribution in [-0.4, -0.2) is 30.8 Å². The fraction of sp³-hybridized carbons (Fsp3) is 0.278. The number of hydrogen-bond donors (Lipinski definition) is 1. The van der Waals surface area contributed by atoms with E-state index in [4.69, 9.17) is 21.1 Å². The van der Waals surface area contributed by atoms with Gasteiger partial charge in [-0.1, -0.05) is 11.6 Å². The number of ether oxygens (including phenoxy) is 2. The minimum absolute atomic E-state index is 0.0838. The van der Waals surface area contributed by atoms with E-state index in [-0.39, 0.29) is 28.8 Å². The number of carbonyl (C=O) groups excluding carboxylic acids is 1. The quantitative estimate of drug-likeness (QED) is 0.588. The van der Waals surface area contributed by atoms with Crippen molar-refractivity contribution < 1.29 is 19.2 Å². The summed E-state index contributed by atoms with van der Waals surface area (Å²) in [4.78, 5) is 24.7. The highest BCUT2D eigenvalue weighted by Crippen LogP contribution is 2.39. The summed E-state index contributed by atoms with van der Waals surface area (Å²) in [6.07, 6.45) is 0.699. The molecule has 2 aromatic rings. The van der Waals surface area contributed by atoms with Gasteiger partial charge in [-0.25, -0.2) is 0 Å². The molecule has 0 saturated carbocycles. The van der Waals surface area contributed by atoms with Crippen LogP contribution < -0.4 is 14.8 Å². The van der Waals surface area contributed by atoms with Crippen molar-refractivity contribution in [3.05, 3.63) is 56.6 Å². The topological polar surface area (TPSA) is 90.7 Å². The Bertz CT molecular complexity index is 906. The number of nitro benzene ring substituents is 1. The molecule has 1 heterocycles. The summed E-state index contributed by atoms with van der Waals surface area (Å²) < 4.78 is 10.3. The first kappa shape index (κ1) is 19.3. The average molecular weight is 409 g/mol. The van der Waals surface area contributed by atoms with Gasteiger partial charge >= 0.3 is 0 Å². The molecule has 3 rings (SSSR count). The van der Waals surface area contributed by atoms with Crippen LogP contribution in [0.1, 0.15) is 28.4 Å². The van der Waals surface area contributed by atoms with Crippen LogP contribution in [0.15, 0.2) is 35.2 Å². The van der Waals surface area contributed by atoms with E-state index in [9.17, 15) is 14.9 Å². The zero-order valence-corrected chi connectivity index (χ0v) is 16.2. The molecule has 0 saturated heterocycles. The number of amides is 1. The first-order valence-electron chi connectivity index (χ1n) is 8.08. The number of nitrogens with zero attached hydrogens (tertiary/aromatic N) is 1. The molecule has 142 valence electrons. The molecule has 0 spiro atoms. The van der Waals surface area contributed by atoms with Crippen LogP contribution in [0.4, 0.5) is 5.69 Å². The van der Waals surface area contributed by atoms with Gasteiger partial charge in [-0.15, -0.1) is 11.8 Å². The van der Waals surface area contributed by atoms with Gasteiger partial charge < -0.3 is 14.8 Å². The third-order valence-electron chi connectivity index (χ3n) is 4.26. The third kappa shape index (κ3) is 3.96. The Morgan fingerprint density at radius 1 is 1.26 bits per heavy atom. The normalized spacial score (nSPS) is 15.6. The second-order valence-electron chi connectivity index (χ2n) is 5.83. The van der Waals surface area contributed by atoms with Gasteiger partial charge in [0.25, 0.3) is 11.6 Å². The van der Waals surface area contributed by atoms with Crippen molar-refractivity contribution in [2.24, 2.45) is 0 Å². The van der Waals surface area contributed by atoms with Crippen molar-refractivity contribution in [1.29, 1.82) is 0 Å². The van der Waals surface area contributed by atoms with E-state index in [1.807, 2.05) is 12.1 Å². The average Bonchev–Trinajstić information content (AvgIpc) is 2.67. The monoisotopic (exact) mass is 408 g/mol. The number of nitro groups is 1. The summed E-state index contributed by atoms with van der Waals surface area (Å²) in [5.74, 6) is 0.710. The fourth-order valence-corrected chi connectivity index (χ4v) is 4.24. The third-order valence-corrected chi connectivity index (χ3v) is 5.62. The highest BCUT2D eigenvalue weighted by atomic mass is 35.5. The number of hydrogen-bond acceptors (Lipinski definition) is 6. The van der Waals surface area contributed by atoms with Crippen LogP contribution >= 0.6 is 23.4 Å². The molecule has 0 aromatic heterocycles. The van der Waals surface area contributed by atoms with Gasteiger partial charge in [-0.2, -0.15) is 0 Å². The van der Waals surface area contributed by atoms with E-state index in [0.29, 0.717) is 11.4 Å². The van der Waals surface area contributed by atoms with E-state index in [1.54, 1.807) is 17.8 Å². The SMILES string of the molecule is COc1cc(C(=O)N[C@@H]2CCSc3ccc(Cl)cc32)c([N+](=O)[O-])cc1OC. The zero-order chi connectivity index (χ0) is 19.6. The molecule has 0 bridgehead atoms. The Morgan fingerprint density at radius 2 is 1.96 bits per heavy atom. The Kier molecular flexibility index (Phi) is 5.76. The highest BCUT2D eigenvalue weighted by Gasteiger charge is 2.28. The number of halogens is 1. The molecule has 7 nitrogen and oxygen atoms in total. The van der Waals surface area contributed by atoms with Gasteiger partial charge in [0.1, 0.15) is 5.56 Å². The predicted octanol–water partition coefficient (Wildman–Crippen LogP) is 4.23. The zero-order valence-electron chi connectivity index (χ0n) is 14.7. The van der Waals surface area contributed by atoms with E-state index < -0.39 is 10.8 Å². The molecular weight excluding hydrogens is 392 g/mol. The van der Waals surface area contributed by atoms with Crippen molar-refractivity contribution in [3.8, 4) is 11.5 Å². The number of thioether (sulfide) groups is 1. The molecule has 9 heteroatoms. The summed E-state index contributed by atoms with van der Waals surface area (Å²) in [6, 6.07) is 7.77. The molecule has 1 N–H and O–H groups in total. The van der Waals surface area contributed by atoms with Crippen LogP contribution in [-0.2, 0) is 0 Å². The molecule has 2 aromatic carbocycles. The fourth-order valence-electron chi connectivity index (χ4n) is 2.95. The van der Waals surface area contributed by atoms with Crippen molar-refractivity contribution in [1.82, 2.24) is 5.32 Å². The van der Waals surface area contributed by atoms with Crippen molar-refractivity contribution in [3.63, 3.8) is 0 Å². The maximum atomic E-state index is 12.8. The van der Waals surface area contributed by atoms with Gasteiger partial charge in [0, 0.05) is 21.7 Å². The summed E-state index contributed by atoms with van der Waals surface area (Å²) in [6.45, 7) is 0. The Labute approximate surface area is 165 Å². The summed E-state index contributed by atoms with van der Waals surface area (Å²) in [5.41, 5.74) is 0.483. The molecule has 0 fully saturated rings. The lowest BCUT2D eigenvalue weighted by Crippen LogP contribution is -2.31. The molecule has 1 aliphatic rings. The maximum absolute atomic E-state index is 12.8. The van der Waals surface area contributed by atoms with Gasteiger partial charge in [-0.05, 0) is 30.2 Å². The van der Waals surface area contributed by atoms with Crippen molar-refractivity contribution >= 4 is 35.0 Å². The van der Waals surface area contributed by atoms with E-state index in [1.165, 1.54) is 26.4 Å². The maximum Gasteiger partial charge on any atom is 0.286 e. The molecule has 1 aliphatic heterocycles. The van der Waals surface area contributed by atoms with Crippen LogP contribution in [0.3, 0.4) is 0 Å². The van der Waals surface area contributed by atoms with Gasteiger partial charge in [0.2, 0.25) is 0 Å². The molecule has 0 aliphatic carbocycles. The van der Waals surface area contributed by atoms with Crippen LogP contribution in [0.5, 0.6) is 11.5 Å². The molecule has 0 radical (unpaired) electrons. The standard InChI is InChI=1S/C18H17ClN2O5S/c1-25-15-8-12(14(21(23)24)9-16(15)26-2)18(22)20-13-5-6-27-17-4-3-10(19)7-11(13)17/h3-4,7-9,13H,5-6H2,1-2H3,(H,20,22)/t13-/m1/s1. The first-order valence-corrected chi connectivity index (χ1v) is 9.44. The second-order valence-corrected chi connectivity index (χ2v) is 7.40. The Balaban J connectivity index is 1.96. The van der Waals surface area contributed by atoms with E-state index in [0.717, 1.165) is 16.2 Å². The van der Waals surface area contributed by atoms with E-state index in [2.05, 4.69) is 5.32 Å². The Hall–Kier alpha value is -2.45.